The van der Waals surface area contributed by atoms with Crippen molar-refractivity contribution in [2.75, 3.05) is 0 Å². The highest BCUT2D eigenvalue weighted by Crippen LogP contribution is 2.32. The Kier molecular flexibility index (Phi) is 4.40. The molecule has 15 heavy (non-hydrogen) atoms. The van der Waals surface area contributed by atoms with Crippen LogP contribution in [0.15, 0.2) is 12.3 Å². The van der Waals surface area contributed by atoms with Crippen LogP contribution in [0.2, 0.25) is 12.1 Å². The lowest BCUT2D eigenvalue weighted by atomic mass is 10.2. The maximum atomic E-state index is 13.0. The number of hydrogen-bond acceptors (Lipinski definition) is 1. The standard InChI is InChI=1S/C10H17F3OSi/c1-3-15(7-9(11)10(12)13)6-4-5-8(2)14-15/h3,8-10H,1,4-7H2,2H3. The molecule has 1 saturated heterocycles. The topological polar surface area (TPSA) is 9.23 Å². The Morgan fingerprint density at radius 1 is 1.53 bits per heavy atom. The van der Waals surface area contributed by atoms with Gasteiger partial charge in [-0.2, -0.15) is 0 Å². The molecule has 1 fully saturated rings. The summed E-state index contributed by atoms with van der Waals surface area (Å²) in [5, 5.41) is 0. The first-order valence-electron chi connectivity index (χ1n) is 5.23. The average Bonchev–Trinajstić information content (AvgIpc) is 2.17. The Bertz CT molecular complexity index is 225. The SMILES string of the molecule is C=C[Si]1(CC(F)C(F)F)CCCC(C)O1. The normalized spacial score (nSPS) is 34.1. The summed E-state index contributed by atoms with van der Waals surface area (Å²) < 4.78 is 43.0. The minimum atomic E-state index is -2.91. The van der Waals surface area contributed by atoms with Crippen LogP contribution in [-0.4, -0.2) is 27.0 Å². The molecule has 1 heterocycles. The van der Waals surface area contributed by atoms with Crippen molar-refractivity contribution in [1.29, 1.82) is 0 Å². The molecule has 0 aliphatic carbocycles. The van der Waals surface area contributed by atoms with Crippen LogP contribution in [0.3, 0.4) is 0 Å². The van der Waals surface area contributed by atoms with Gasteiger partial charge in [-0.25, -0.2) is 13.2 Å². The quantitative estimate of drug-likeness (QED) is 0.681. The van der Waals surface area contributed by atoms with Gasteiger partial charge in [0.2, 0.25) is 8.32 Å². The monoisotopic (exact) mass is 238 g/mol. The molecule has 1 nitrogen and oxygen atoms in total. The Labute approximate surface area is 89.4 Å². The fourth-order valence-electron chi connectivity index (χ4n) is 2.01. The van der Waals surface area contributed by atoms with E-state index in [0.717, 1.165) is 12.8 Å². The highest BCUT2D eigenvalue weighted by molar-refractivity contribution is 6.79. The van der Waals surface area contributed by atoms with Crippen molar-refractivity contribution in [3.05, 3.63) is 12.3 Å². The Hall–Kier alpha value is -0.293. The Morgan fingerprint density at radius 3 is 2.67 bits per heavy atom. The minimum absolute atomic E-state index is 0.0493. The van der Waals surface area contributed by atoms with Gasteiger partial charge in [-0.05, 0) is 19.4 Å². The lowest BCUT2D eigenvalue weighted by Crippen LogP contribution is -2.45. The van der Waals surface area contributed by atoms with Crippen molar-refractivity contribution >= 4 is 8.32 Å². The summed E-state index contributed by atoms with van der Waals surface area (Å²) in [5.41, 5.74) is 1.61. The Balaban J connectivity index is 2.63. The Morgan fingerprint density at radius 2 is 2.20 bits per heavy atom. The third-order valence-electron chi connectivity index (χ3n) is 2.83. The van der Waals surface area contributed by atoms with Crippen LogP contribution >= 0.6 is 0 Å². The third kappa shape index (κ3) is 3.34. The summed E-state index contributed by atoms with van der Waals surface area (Å²) in [5.74, 6) is 0. The molecule has 0 saturated carbocycles. The van der Waals surface area contributed by atoms with Gasteiger partial charge in [-0.15, -0.1) is 6.58 Å². The van der Waals surface area contributed by atoms with Gasteiger partial charge in [0.25, 0.3) is 6.43 Å². The maximum absolute atomic E-state index is 13.0. The zero-order valence-corrected chi connectivity index (χ0v) is 9.89. The van der Waals surface area contributed by atoms with Gasteiger partial charge >= 0.3 is 0 Å². The van der Waals surface area contributed by atoms with E-state index in [1.54, 1.807) is 5.70 Å². The third-order valence-corrected chi connectivity index (χ3v) is 6.73. The number of halogens is 3. The van der Waals surface area contributed by atoms with Crippen LogP contribution in [0.25, 0.3) is 0 Å². The van der Waals surface area contributed by atoms with E-state index >= 15 is 0 Å². The average molecular weight is 238 g/mol. The van der Waals surface area contributed by atoms with Gasteiger partial charge in [-0.3, -0.25) is 0 Å². The van der Waals surface area contributed by atoms with Crippen molar-refractivity contribution in [3.8, 4) is 0 Å². The van der Waals surface area contributed by atoms with Gasteiger partial charge in [0.05, 0.1) is 0 Å². The van der Waals surface area contributed by atoms with Crippen LogP contribution in [-0.2, 0) is 4.43 Å². The molecule has 5 heteroatoms. The molecule has 88 valence electrons. The second-order valence-corrected chi connectivity index (χ2v) is 7.83. The van der Waals surface area contributed by atoms with Crippen molar-refractivity contribution in [3.63, 3.8) is 0 Å². The molecule has 1 rings (SSSR count). The summed E-state index contributed by atoms with van der Waals surface area (Å²) in [7, 11) is -2.44. The second kappa shape index (κ2) is 5.16. The van der Waals surface area contributed by atoms with Gasteiger partial charge in [0.15, 0.2) is 6.17 Å². The summed E-state index contributed by atoms with van der Waals surface area (Å²) in [6.45, 7) is 5.53. The van der Waals surface area contributed by atoms with E-state index in [0.29, 0.717) is 6.04 Å². The van der Waals surface area contributed by atoms with Gasteiger partial charge < -0.3 is 4.43 Å². The zero-order valence-electron chi connectivity index (χ0n) is 8.89. The summed E-state index contributed by atoms with van der Waals surface area (Å²) in [6.07, 6.45) is -3.08. The lowest BCUT2D eigenvalue weighted by molar-refractivity contribution is 0.0547. The van der Waals surface area contributed by atoms with E-state index < -0.39 is 20.9 Å². The van der Waals surface area contributed by atoms with Crippen LogP contribution in [0.4, 0.5) is 13.2 Å². The molecular formula is C10H17F3OSi. The van der Waals surface area contributed by atoms with Crippen molar-refractivity contribution in [2.45, 2.75) is 50.6 Å². The molecule has 0 aromatic carbocycles. The highest BCUT2D eigenvalue weighted by Gasteiger charge is 2.41. The first kappa shape index (κ1) is 12.8. The predicted molar refractivity (Wildman–Crippen MR) is 56.2 cm³/mol. The molecule has 0 spiro atoms. The molecule has 0 aromatic rings. The highest BCUT2D eigenvalue weighted by atomic mass is 28.4. The van der Waals surface area contributed by atoms with E-state index in [9.17, 15) is 13.2 Å². The molecule has 0 amide bonds. The minimum Gasteiger partial charge on any atom is -0.410 e. The summed E-state index contributed by atoms with van der Waals surface area (Å²) in [4.78, 5) is 0. The lowest BCUT2D eigenvalue weighted by Gasteiger charge is -2.36. The second-order valence-electron chi connectivity index (χ2n) is 4.14. The van der Waals surface area contributed by atoms with Gasteiger partial charge in [-0.1, -0.05) is 12.1 Å². The molecule has 0 aromatic heterocycles. The molecule has 3 unspecified atom stereocenters. The maximum Gasteiger partial charge on any atom is 0.269 e. The number of rotatable bonds is 4. The first-order chi connectivity index (χ1) is 6.99. The van der Waals surface area contributed by atoms with Crippen LogP contribution < -0.4 is 0 Å². The van der Waals surface area contributed by atoms with E-state index in [-0.39, 0.29) is 12.1 Å². The van der Waals surface area contributed by atoms with E-state index in [1.807, 2.05) is 6.92 Å². The molecular weight excluding hydrogens is 221 g/mol. The summed E-state index contributed by atoms with van der Waals surface area (Å²) in [6, 6.07) is 0.562. The van der Waals surface area contributed by atoms with Gasteiger partial charge in [0, 0.05) is 12.1 Å². The van der Waals surface area contributed by atoms with Crippen molar-refractivity contribution in [2.24, 2.45) is 0 Å². The number of alkyl halides is 3. The van der Waals surface area contributed by atoms with E-state index in [2.05, 4.69) is 6.58 Å². The number of hydrogen-bond donors (Lipinski definition) is 0. The van der Waals surface area contributed by atoms with Crippen LogP contribution in [0.5, 0.6) is 0 Å². The fourth-order valence-corrected chi connectivity index (χ4v) is 5.46. The largest absolute Gasteiger partial charge is 0.410 e. The molecule has 0 N–H and O–H groups in total. The fraction of sp³-hybridized carbons (Fsp3) is 0.800. The van der Waals surface area contributed by atoms with E-state index in [1.165, 1.54) is 0 Å². The molecule has 3 atom stereocenters. The van der Waals surface area contributed by atoms with Crippen LogP contribution in [0.1, 0.15) is 19.8 Å². The molecule has 1 aliphatic rings. The van der Waals surface area contributed by atoms with Crippen molar-refractivity contribution in [1.82, 2.24) is 0 Å². The molecule has 1 aliphatic heterocycles. The van der Waals surface area contributed by atoms with E-state index in [4.69, 9.17) is 4.43 Å². The predicted octanol–water partition coefficient (Wildman–Crippen LogP) is 3.46. The summed E-state index contributed by atoms with van der Waals surface area (Å²) >= 11 is 0. The molecule has 0 bridgehead atoms. The van der Waals surface area contributed by atoms with Gasteiger partial charge in [0.1, 0.15) is 0 Å². The molecule has 0 radical (unpaired) electrons. The van der Waals surface area contributed by atoms with Crippen molar-refractivity contribution < 1.29 is 17.6 Å². The zero-order chi connectivity index (χ0) is 11.5. The smallest absolute Gasteiger partial charge is 0.269 e. The van der Waals surface area contributed by atoms with Crippen LogP contribution in [0, 0.1) is 0 Å². The first-order valence-corrected chi connectivity index (χ1v) is 7.63.